The molecule has 0 spiro atoms. The van der Waals surface area contributed by atoms with Crippen LogP contribution in [0.2, 0.25) is 0 Å². The van der Waals surface area contributed by atoms with Gasteiger partial charge in [0.15, 0.2) is 5.69 Å². The Hall–Kier alpha value is -1.69. The van der Waals surface area contributed by atoms with Gasteiger partial charge in [0.05, 0.1) is 0 Å². The minimum Gasteiger partial charge on any atom is -0.372 e. The third kappa shape index (κ3) is 2.60. The average Bonchev–Trinajstić information content (AvgIpc) is 2.83. The molecule has 6 heteroatoms. The van der Waals surface area contributed by atoms with E-state index in [1.807, 2.05) is 4.90 Å². The van der Waals surface area contributed by atoms with Crippen molar-refractivity contribution in [2.24, 2.45) is 0 Å². The number of hydrogen-bond acceptors (Lipinski definition) is 5. The highest BCUT2D eigenvalue weighted by molar-refractivity contribution is 5.92. The third-order valence-corrected chi connectivity index (χ3v) is 4.23. The van der Waals surface area contributed by atoms with Gasteiger partial charge in [-0.3, -0.25) is 9.69 Å². The molecule has 1 atom stereocenters. The quantitative estimate of drug-likeness (QED) is 0.866. The number of anilines is 1. The van der Waals surface area contributed by atoms with Crippen LogP contribution in [0.4, 0.5) is 5.82 Å². The summed E-state index contributed by atoms with van der Waals surface area (Å²) >= 11 is 0. The number of fused-ring (bicyclic) bond motifs is 1. The Morgan fingerprint density at radius 2 is 2.10 bits per heavy atom. The van der Waals surface area contributed by atoms with Crippen LogP contribution in [0, 0.1) is 0 Å². The van der Waals surface area contributed by atoms with Crippen LogP contribution in [-0.2, 0) is 0 Å². The molecule has 20 heavy (non-hydrogen) atoms. The maximum atomic E-state index is 12.5. The zero-order valence-corrected chi connectivity index (χ0v) is 11.9. The third-order valence-electron chi connectivity index (χ3n) is 4.23. The summed E-state index contributed by atoms with van der Waals surface area (Å²) in [5, 5.41) is 10.9. The van der Waals surface area contributed by atoms with E-state index in [1.54, 1.807) is 19.2 Å². The Labute approximate surface area is 119 Å². The molecular formula is C14H21N5O. The Morgan fingerprint density at radius 1 is 1.25 bits per heavy atom. The van der Waals surface area contributed by atoms with E-state index in [2.05, 4.69) is 20.4 Å². The Kier molecular flexibility index (Phi) is 3.82. The molecule has 0 radical (unpaired) electrons. The van der Waals surface area contributed by atoms with E-state index in [0.717, 1.165) is 26.1 Å². The van der Waals surface area contributed by atoms with Crippen LogP contribution < -0.4 is 5.32 Å². The fraction of sp³-hybridized carbons (Fsp3) is 0.643. The van der Waals surface area contributed by atoms with Gasteiger partial charge in [-0.2, -0.15) is 0 Å². The highest BCUT2D eigenvalue weighted by Gasteiger charge is 2.31. The summed E-state index contributed by atoms with van der Waals surface area (Å²) in [4.78, 5) is 17.0. The van der Waals surface area contributed by atoms with Gasteiger partial charge in [-0.1, -0.05) is 0 Å². The molecule has 3 heterocycles. The van der Waals surface area contributed by atoms with E-state index < -0.39 is 0 Å². The Bertz CT molecular complexity index is 475. The SMILES string of the molecule is CNc1ccc(C(=O)N2CCCN3CCCC3C2)nn1. The Morgan fingerprint density at radius 3 is 2.85 bits per heavy atom. The average molecular weight is 275 g/mol. The number of hydrogen-bond donors (Lipinski definition) is 1. The van der Waals surface area contributed by atoms with Crippen molar-refractivity contribution >= 4 is 11.7 Å². The molecule has 0 saturated carbocycles. The first-order valence-corrected chi connectivity index (χ1v) is 7.33. The molecule has 108 valence electrons. The molecular weight excluding hydrogens is 254 g/mol. The van der Waals surface area contributed by atoms with Crippen LogP contribution in [0.5, 0.6) is 0 Å². The molecule has 2 fully saturated rings. The number of aromatic nitrogens is 2. The predicted octanol–water partition coefficient (Wildman–Crippen LogP) is 0.829. The molecule has 2 aliphatic heterocycles. The summed E-state index contributed by atoms with van der Waals surface area (Å²) in [6.07, 6.45) is 3.50. The van der Waals surface area contributed by atoms with Crippen molar-refractivity contribution in [2.75, 3.05) is 38.5 Å². The Balaban J connectivity index is 1.71. The van der Waals surface area contributed by atoms with Gasteiger partial charge >= 0.3 is 0 Å². The van der Waals surface area contributed by atoms with Gasteiger partial charge < -0.3 is 10.2 Å². The van der Waals surface area contributed by atoms with Gasteiger partial charge in [0.25, 0.3) is 5.91 Å². The van der Waals surface area contributed by atoms with Gasteiger partial charge in [-0.25, -0.2) is 0 Å². The lowest BCUT2D eigenvalue weighted by molar-refractivity contribution is 0.0736. The van der Waals surface area contributed by atoms with Crippen LogP contribution in [0.1, 0.15) is 29.8 Å². The summed E-state index contributed by atoms with van der Waals surface area (Å²) in [6, 6.07) is 4.07. The number of carbonyl (C=O) groups excluding carboxylic acids is 1. The molecule has 2 aliphatic rings. The molecule has 1 aromatic rings. The molecule has 1 unspecified atom stereocenters. The summed E-state index contributed by atoms with van der Waals surface area (Å²) in [5.74, 6) is 0.688. The van der Waals surface area contributed by atoms with Gasteiger partial charge in [0.1, 0.15) is 5.82 Å². The van der Waals surface area contributed by atoms with Crippen molar-refractivity contribution in [3.8, 4) is 0 Å². The van der Waals surface area contributed by atoms with Crippen LogP contribution in [0.3, 0.4) is 0 Å². The van der Waals surface area contributed by atoms with Crippen LogP contribution in [0.25, 0.3) is 0 Å². The first kappa shape index (κ1) is 13.3. The summed E-state index contributed by atoms with van der Waals surface area (Å²) in [7, 11) is 1.79. The van der Waals surface area contributed by atoms with Gasteiger partial charge in [0.2, 0.25) is 0 Å². The molecule has 1 aromatic heterocycles. The molecule has 0 aliphatic carbocycles. The van der Waals surface area contributed by atoms with E-state index in [4.69, 9.17) is 0 Å². The zero-order chi connectivity index (χ0) is 13.9. The molecule has 0 bridgehead atoms. The predicted molar refractivity (Wildman–Crippen MR) is 76.7 cm³/mol. The zero-order valence-electron chi connectivity index (χ0n) is 11.9. The lowest BCUT2D eigenvalue weighted by Crippen LogP contribution is -2.40. The molecule has 2 saturated heterocycles. The van der Waals surface area contributed by atoms with E-state index >= 15 is 0 Å². The second-order valence-electron chi connectivity index (χ2n) is 5.49. The van der Waals surface area contributed by atoms with Crippen molar-refractivity contribution in [1.29, 1.82) is 0 Å². The number of carbonyl (C=O) groups is 1. The second kappa shape index (κ2) is 5.75. The second-order valence-corrected chi connectivity index (χ2v) is 5.49. The lowest BCUT2D eigenvalue weighted by Gasteiger charge is -2.25. The van der Waals surface area contributed by atoms with E-state index in [-0.39, 0.29) is 5.91 Å². The summed E-state index contributed by atoms with van der Waals surface area (Å²) in [6.45, 7) is 3.94. The van der Waals surface area contributed by atoms with Crippen LogP contribution >= 0.6 is 0 Å². The molecule has 1 N–H and O–H groups in total. The van der Waals surface area contributed by atoms with Gasteiger partial charge in [0, 0.05) is 32.7 Å². The monoisotopic (exact) mass is 275 g/mol. The first-order chi connectivity index (χ1) is 9.78. The van der Waals surface area contributed by atoms with Gasteiger partial charge in [-0.05, 0) is 37.9 Å². The van der Waals surface area contributed by atoms with E-state index in [1.165, 1.54) is 19.4 Å². The van der Waals surface area contributed by atoms with Crippen molar-refractivity contribution in [3.63, 3.8) is 0 Å². The van der Waals surface area contributed by atoms with Crippen LogP contribution in [-0.4, -0.2) is 65.2 Å². The van der Waals surface area contributed by atoms with Crippen molar-refractivity contribution < 1.29 is 4.79 Å². The summed E-state index contributed by atoms with van der Waals surface area (Å²) in [5.41, 5.74) is 0.440. The molecule has 0 aromatic carbocycles. The highest BCUT2D eigenvalue weighted by atomic mass is 16.2. The first-order valence-electron chi connectivity index (χ1n) is 7.33. The topological polar surface area (TPSA) is 61.4 Å². The van der Waals surface area contributed by atoms with Crippen molar-refractivity contribution in [3.05, 3.63) is 17.8 Å². The number of nitrogens with zero attached hydrogens (tertiary/aromatic N) is 4. The maximum Gasteiger partial charge on any atom is 0.274 e. The molecule has 6 nitrogen and oxygen atoms in total. The smallest absolute Gasteiger partial charge is 0.274 e. The fourth-order valence-electron chi connectivity index (χ4n) is 3.13. The standard InChI is InChI=1S/C14H21N5O/c1-15-13-6-5-12(16-17-13)14(20)19-9-3-8-18-7-2-4-11(18)10-19/h5-6,11H,2-4,7-10H2,1H3,(H,15,17). The number of amides is 1. The highest BCUT2D eigenvalue weighted by Crippen LogP contribution is 2.22. The minimum absolute atomic E-state index is 0.00824. The molecule has 1 amide bonds. The molecule has 3 rings (SSSR count). The van der Waals surface area contributed by atoms with E-state index in [9.17, 15) is 4.79 Å². The van der Waals surface area contributed by atoms with Crippen molar-refractivity contribution in [2.45, 2.75) is 25.3 Å². The van der Waals surface area contributed by atoms with Gasteiger partial charge in [-0.15, -0.1) is 10.2 Å². The van der Waals surface area contributed by atoms with E-state index in [0.29, 0.717) is 17.6 Å². The number of nitrogens with one attached hydrogen (secondary N) is 1. The number of rotatable bonds is 2. The summed E-state index contributed by atoms with van der Waals surface area (Å²) < 4.78 is 0. The fourth-order valence-corrected chi connectivity index (χ4v) is 3.13. The van der Waals surface area contributed by atoms with Crippen molar-refractivity contribution in [1.82, 2.24) is 20.0 Å². The minimum atomic E-state index is 0.00824. The van der Waals surface area contributed by atoms with Crippen LogP contribution in [0.15, 0.2) is 12.1 Å². The maximum absolute atomic E-state index is 12.5. The normalized spacial score (nSPS) is 23.2. The largest absolute Gasteiger partial charge is 0.372 e. The lowest BCUT2D eigenvalue weighted by atomic mass is 10.2.